The molecule has 8 nitrogen and oxygen atoms in total. The maximum atomic E-state index is 12.7. The van der Waals surface area contributed by atoms with Crippen molar-refractivity contribution in [1.82, 2.24) is 24.5 Å². The van der Waals surface area contributed by atoms with E-state index in [1.807, 2.05) is 0 Å². The lowest BCUT2D eigenvalue weighted by Gasteiger charge is -2.05. The number of alkyl halides is 3. The van der Waals surface area contributed by atoms with Gasteiger partial charge >= 0.3 is 6.18 Å². The van der Waals surface area contributed by atoms with Gasteiger partial charge in [0.25, 0.3) is 11.5 Å². The number of amides is 1. The molecule has 0 aliphatic carbocycles. The normalized spacial score (nSPS) is 11.8. The number of nitrogens with one attached hydrogen (secondary N) is 1. The molecule has 0 saturated carbocycles. The summed E-state index contributed by atoms with van der Waals surface area (Å²) in [5.74, 6) is -0.613. The van der Waals surface area contributed by atoms with E-state index in [9.17, 15) is 27.6 Å². The Morgan fingerprint density at radius 3 is 2.68 bits per heavy atom. The quantitative estimate of drug-likeness (QED) is 0.622. The number of aromatic nitrogens is 4. The number of fused-ring (bicyclic) bond motifs is 1. The van der Waals surface area contributed by atoms with Crippen LogP contribution in [0.1, 0.15) is 38.5 Å². The molecule has 0 spiro atoms. The minimum absolute atomic E-state index is 0.00387. The molecule has 1 amide bonds. The highest BCUT2D eigenvalue weighted by Crippen LogP contribution is 2.30. The molecule has 3 rings (SSSR count). The van der Waals surface area contributed by atoms with Crippen LogP contribution >= 0.6 is 22.9 Å². The van der Waals surface area contributed by atoms with E-state index in [1.54, 1.807) is 6.92 Å². The van der Waals surface area contributed by atoms with Crippen molar-refractivity contribution in [3.63, 3.8) is 0 Å². The van der Waals surface area contributed by atoms with Crippen LogP contribution in [0, 0.1) is 0 Å². The Morgan fingerprint density at radius 2 is 2.11 bits per heavy atom. The maximum absolute atomic E-state index is 12.7. The van der Waals surface area contributed by atoms with Gasteiger partial charge in [0, 0.05) is 18.7 Å². The lowest BCUT2D eigenvalue weighted by atomic mass is 10.3. The SMILES string of the molecule is CCNC(=O)c1c(C=O)sc2nc(Cn3nc(C(F)(F)F)cc3Cl)cc(=O)n12. The monoisotopic (exact) mass is 433 g/mol. The number of thiazole rings is 1. The van der Waals surface area contributed by atoms with E-state index in [-0.39, 0.29) is 39.5 Å². The van der Waals surface area contributed by atoms with E-state index in [2.05, 4.69) is 15.4 Å². The molecule has 3 heterocycles. The fourth-order valence-electron chi connectivity index (χ4n) is 2.45. The van der Waals surface area contributed by atoms with Crippen molar-refractivity contribution in [3.05, 3.63) is 49.6 Å². The third kappa shape index (κ3) is 3.64. The molecule has 1 N–H and O–H groups in total. The average molecular weight is 434 g/mol. The van der Waals surface area contributed by atoms with Crippen LogP contribution in [0.4, 0.5) is 13.2 Å². The Balaban J connectivity index is 2.06. The van der Waals surface area contributed by atoms with Gasteiger partial charge in [0.1, 0.15) is 15.7 Å². The first-order valence-electron chi connectivity index (χ1n) is 7.75. The predicted octanol–water partition coefficient (Wildman–Crippen LogP) is 2.24. The molecule has 28 heavy (non-hydrogen) atoms. The highest BCUT2D eigenvalue weighted by Gasteiger charge is 2.34. The number of halogens is 4. The van der Waals surface area contributed by atoms with Crippen molar-refractivity contribution in [3.8, 4) is 0 Å². The third-order valence-electron chi connectivity index (χ3n) is 3.59. The molecule has 0 bridgehead atoms. The molecular formula is C15H11ClF3N5O3S. The number of carbonyl (C=O) groups is 2. The Hall–Kier alpha value is -2.73. The summed E-state index contributed by atoms with van der Waals surface area (Å²) in [5.41, 5.74) is -1.90. The number of hydrogen-bond donors (Lipinski definition) is 1. The van der Waals surface area contributed by atoms with Crippen molar-refractivity contribution in [2.45, 2.75) is 19.6 Å². The van der Waals surface area contributed by atoms with Gasteiger partial charge in [0.05, 0.1) is 12.2 Å². The lowest BCUT2D eigenvalue weighted by molar-refractivity contribution is -0.141. The van der Waals surface area contributed by atoms with Crippen LogP contribution in [0.5, 0.6) is 0 Å². The fourth-order valence-corrected chi connectivity index (χ4v) is 3.61. The molecule has 3 aromatic rings. The van der Waals surface area contributed by atoms with Crippen molar-refractivity contribution in [2.24, 2.45) is 0 Å². The molecule has 13 heteroatoms. The predicted molar refractivity (Wildman–Crippen MR) is 94.1 cm³/mol. The second-order valence-corrected chi connectivity index (χ2v) is 6.90. The zero-order chi connectivity index (χ0) is 20.6. The minimum atomic E-state index is -4.67. The molecule has 148 valence electrons. The largest absolute Gasteiger partial charge is 0.435 e. The minimum Gasteiger partial charge on any atom is -0.351 e. The first-order chi connectivity index (χ1) is 13.2. The van der Waals surface area contributed by atoms with Gasteiger partial charge < -0.3 is 5.32 Å². The number of hydrogen-bond acceptors (Lipinski definition) is 6. The molecule has 0 aliphatic heterocycles. The summed E-state index contributed by atoms with van der Waals surface area (Å²) in [4.78, 5) is 40.2. The average Bonchev–Trinajstić information content (AvgIpc) is 3.16. The van der Waals surface area contributed by atoms with Crippen LogP contribution in [0.15, 0.2) is 16.9 Å². The van der Waals surface area contributed by atoms with Crippen LogP contribution < -0.4 is 10.9 Å². The molecule has 0 aromatic carbocycles. The Morgan fingerprint density at radius 1 is 1.39 bits per heavy atom. The molecule has 0 unspecified atom stereocenters. The smallest absolute Gasteiger partial charge is 0.351 e. The maximum Gasteiger partial charge on any atom is 0.435 e. The van der Waals surface area contributed by atoms with Crippen LogP contribution in [0.25, 0.3) is 4.96 Å². The lowest BCUT2D eigenvalue weighted by Crippen LogP contribution is -2.28. The summed E-state index contributed by atoms with van der Waals surface area (Å²) in [6, 6.07) is 1.71. The number of carbonyl (C=O) groups excluding carboxylic acids is 2. The molecule has 0 radical (unpaired) electrons. The first kappa shape index (κ1) is 20.0. The number of aldehydes is 1. The highest BCUT2D eigenvalue weighted by atomic mass is 35.5. The summed E-state index contributed by atoms with van der Waals surface area (Å²) < 4.78 is 40.1. The van der Waals surface area contributed by atoms with Gasteiger partial charge in [-0.1, -0.05) is 22.9 Å². The van der Waals surface area contributed by atoms with Gasteiger partial charge in [-0.25, -0.2) is 14.1 Å². The number of nitrogens with zero attached hydrogens (tertiary/aromatic N) is 4. The van der Waals surface area contributed by atoms with E-state index in [1.165, 1.54) is 0 Å². The van der Waals surface area contributed by atoms with Crippen LogP contribution in [0.3, 0.4) is 0 Å². The molecule has 0 fully saturated rings. The van der Waals surface area contributed by atoms with E-state index in [0.717, 1.165) is 26.5 Å². The Kier molecular flexibility index (Phi) is 5.26. The van der Waals surface area contributed by atoms with Crippen LogP contribution in [-0.2, 0) is 12.7 Å². The van der Waals surface area contributed by atoms with E-state index in [0.29, 0.717) is 12.4 Å². The second kappa shape index (κ2) is 7.36. The standard InChI is InChI=1S/C15H11ClF3N5O3S/c1-2-20-13(27)12-8(6-25)28-14-21-7(3-11(26)24(12)14)5-23-10(16)4-9(22-23)15(17,18)19/h3-4,6H,2,5H2,1H3,(H,20,27). The van der Waals surface area contributed by atoms with Gasteiger partial charge in [0.2, 0.25) is 0 Å². The molecule has 0 saturated heterocycles. The summed E-state index contributed by atoms with van der Waals surface area (Å²) in [5, 5.41) is 5.60. The van der Waals surface area contributed by atoms with E-state index >= 15 is 0 Å². The Bertz CT molecular complexity index is 1130. The molecule has 0 atom stereocenters. The number of rotatable bonds is 5. The highest BCUT2D eigenvalue weighted by molar-refractivity contribution is 7.18. The summed E-state index contributed by atoms with van der Waals surface area (Å²) >= 11 is 6.59. The second-order valence-electron chi connectivity index (χ2n) is 5.50. The van der Waals surface area contributed by atoms with Gasteiger partial charge in [-0.2, -0.15) is 18.3 Å². The van der Waals surface area contributed by atoms with E-state index in [4.69, 9.17) is 11.6 Å². The van der Waals surface area contributed by atoms with Crippen molar-refractivity contribution < 1.29 is 22.8 Å². The summed E-state index contributed by atoms with van der Waals surface area (Å²) in [7, 11) is 0. The fraction of sp³-hybridized carbons (Fsp3) is 0.267. The zero-order valence-electron chi connectivity index (χ0n) is 14.1. The van der Waals surface area contributed by atoms with Crippen LogP contribution in [0.2, 0.25) is 5.15 Å². The zero-order valence-corrected chi connectivity index (χ0v) is 15.7. The van der Waals surface area contributed by atoms with Gasteiger partial charge in [-0.05, 0) is 6.92 Å². The van der Waals surface area contributed by atoms with Crippen molar-refractivity contribution in [1.29, 1.82) is 0 Å². The van der Waals surface area contributed by atoms with Gasteiger partial charge in [-0.3, -0.25) is 14.4 Å². The third-order valence-corrected chi connectivity index (χ3v) is 4.86. The van der Waals surface area contributed by atoms with E-state index < -0.39 is 23.3 Å². The first-order valence-corrected chi connectivity index (χ1v) is 8.94. The van der Waals surface area contributed by atoms with Gasteiger partial charge in [0.15, 0.2) is 16.9 Å². The molecule has 0 aliphatic rings. The molecular weight excluding hydrogens is 423 g/mol. The van der Waals surface area contributed by atoms with Crippen LogP contribution in [-0.4, -0.2) is 37.9 Å². The van der Waals surface area contributed by atoms with Gasteiger partial charge in [-0.15, -0.1) is 0 Å². The molecule has 3 aromatic heterocycles. The Labute approximate surface area is 163 Å². The summed E-state index contributed by atoms with van der Waals surface area (Å²) in [6.45, 7) is 1.66. The van der Waals surface area contributed by atoms with Crippen molar-refractivity contribution in [2.75, 3.05) is 6.54 Å². The van der Waals surface area contributed by atoms with Crippen molar-refractivity contribution >= 4 is 40.1 Å². The summed E-state index contributed by atoms with van der Waals surface area (Å²) in [6.07, 6.45) is -4.23. The topological polar surface area (TPSA) is 98.4 Å².